The normalized spacial score (nSPS) is 13.1. The Balaban J connectivity index is 1.81. The molecule has 0 fully saturated rings. The average Bonchev–Trinajstić information content (AvgIpc) is 3.09. The number of benzene rings is 2. The number of aromatic nitrogens is 2. The molecule has 0 bridgehead atoms. The third-order valence-corrected chi connectivity index (χ3v) is 5.57. The predicted octanol–water partition coefficient (Wildman–Crippen LogP) is 6.29. The molecule has 2 aromatic carbocycles. The van der Waals surface area contributed by atoms with Crippen LogP contribution in [0.2, 0.25) is 0 Å². The molecule has 0 saturated carbocycles. The molecule has 0 saturated heterocycles. The summed E-state index contributed by atoms with van der Waals surface area (Å²) in [4.78, 5) is 0. The maximum absolute atomic E-state index is 13.1. The van der Waals surface area contributed by atoms with Crippen LogP contribution in [-0.2, 0) is 11.8 Å². The molecule has 0 amide bonds. The topological polar surface area (TPSA) is 17.8 Å². The zero-order valence-electron chi connectivity index (χ0n) is 16.9. The Morgan fingerprint density at radius 2 is 1.74 bits per heavy atom. The van der Waals surface area contributed by atoms with Crippen molar-refractivity contribution in [2.24, 2.45) is 5.92 Å². The second-order valence-corrected chi connectivity index (χ2v) is 8.49. The van der Waals surface area contributed by atoms with Crippen molar-refractivity contribution in [3.8, 4) is 5.69 Å². The summed E-state index contributed by atoms with van der Waals surface area (Å²) in [5.74, 6) is 0.932. The van der Waals surface area contributed by atoms with Crippen LogP contribution in [0.5, 0.6) is 0 Å². The van der Waals surface area contributed by atoms with Gasteiger partial charge in [-0.1, -0.05) is 58.9 Å². The minimum Gasteiger partial charge on any atom is -0.241 e. The van der Waals surface area contributed by atoms with Crippen LogP contribution in [-0.4, -0.2) is 9.78 Å². The molecule has 0 aliphatic carbocycles. The zero-order valence-corrected chi connectivity index (χ0v) is 16.9. The SMILES string of the molecule is CC(C)C(C)c1cccc(C(C)(C)Cc2cnn(-c3ccc(F)cc3)c2)c1. The van der Waals surface area contributed by atoms with Crippen LogP contribution in [0.3, 0.4) is 0 Å². The summed E-state index contributed by atoms with van der Waals surface area (Å²) in [5, 5.41) is 4.46. The van der Waals surface area contributed by atoms with Gasteiger partial charge in [0.25, 0.3) is 0 Å². The molecule has 3 heteroatoms. The molecule has 1 heterocycles. The summed E-state index contributed by atoms with van der Waals surface area (Å²) >= 11 is 0. The van der Waals surface area contributed by atoms with Crippen LogP contribution in [0.25, 0.3) is 5.69 Å². The second kappa shape index (κ2) is 7.67. The van der Waals surface area contributed by atoms with E-state index in [0.29, 0.717) is 11.8 Å². The van der Waals surface area contributed by atoms with Gasteiger partial charge in [0.2, 0.25) is 0 Å². The van der Waals surface area contributed by atoms with Crippen molar-refractivity contribution in [3.05, 3.63) is 83.4 Å². The van der Waals surface area contributed by atoms with Gasteiger partial charge in [-0.3, -0.25) is 0 Å². The lowest BCUT2D eigenvalue weighted by Gasteiger charge is -2.27. The molecule has 0 radical (unpaired) electrons. The molecule has 0 aliphatic heterocycles. The van der Waals surface area contributed by atoms with E-state index in [0.717, 1.165) is 12.1 Å². The van der Waals surface area contributed by atoms with Crippen LogP contribution in [0.4, 0.5) is 4.39 Å². The molecule has 2 nitrogen and oxygen atoms in total. The van der Waals surface area contributed by atoms with Crippen molar-refractivity contribution in [2.75, 3.05) is 0 Å². The number of nitrogens with zero attached hydrogens (tertiary/aromatic N) is 2. The van der Waals surface area contributed by atoms with E-state index in [9.17, 15) is 4.39 Å². The summed E-state index contributed by atoms with van der Waals surface area (Å²) in [6.07, 6.45) is 4.84. The maximum atomic E-state index is 13.1. The first kappa shape index (κ1) is 19.3. The van der Waals surface area contributed by atoms with Gasteiger partial charge in [-0.05, 0) is 64.6 Å². The van der Waals surface area contributed by atoms with Crippen LogP contribution in [0, 0.1) is 11.7 Å². The highest BCUT2D eigenvalue weighted by Crippen LogP contribution is 2.31. The van der Waals surface area contributed by atoms with Gasteiger partial charge in [0.15, 0.2) is 0 Å². The molecule has 142 valence electrons. The van der Waals surface area contributed by atoms with Gasteiger partial charge in [0, 0.05) is 6.20 Å². The number of halogens is 1. The minimum absolute atomic E-state index is 0.00334. The molecule has 0 spiro atoms. The van der Waals surface area contributed by atoms with Crippen molar-refractivity contribution in [1.29, 1.82) is 0 Å². The standard InChI is InChI=1S/C24H29FN2/c1-17(2)18(3)20-7-6-8-21(13-20)24(4,5)14-19-15-26-27(16-19)23-11-9-22(25)10-12-23/h6-13,15-18H,14H2,1-5H3. The Bertz CT molecular complexity index is 891. The van der Waals surface area contributed by atoms with Gasteiger partial charge in [-0.25, -0.2) is 9.07 Å². The molecule has 1 aromatic heterocycles. The minimum atomic E-state index is -0.234. The van der Waals surface area contributed by atoms with Crippen LogP contribution in [0.1, 0.15) is 57.2 Å². The number of hydrogen-bond donors (Lipinski definition) is 0. The van der Waals surface area contributed by atoms with E-state index >= 15 is 0 Å². The summed E-state index contributed by atoms with van der Waals surface area (Å²) in [6, 6.07) is 15.4. The van der Waals surface area contributed by atoms with Crippen LogP contribution >= 0.6 is 0 Å². The van der Waals surface area contributed by atoms with Gasteiger partial charge in [-0.15, -0.1) is 0 Å². The van der Waals surface area contributed by atoms with Crippen LogP contribution in [0.15, 0.2) is 60.9 Å². The fourth-order valence-corrected chi connectivity index (χ4v) is 3.43. The van der Waals surface area contributed by atoms with E-state index in [1.165, 1.54) is 28.8 Å². The van der Waals surface area contributed by atoms with E-state index in [2.05, 4.69) is 64.0 Å². The van der Waals surface area contributed by atoms with E-state index in [1.807, 2.05) is 17.1 Å². The molecule has 27 heavy (non-hydrogen) atoms. The van der Waals surface area contributed by atoms with Gasteiger partial charge >= 0.3 is 0 Å². The Labute approximate surface area is 162 Å². The fraction of sp³-hybridized carbons (Fsp3) is 0.375. The second-order valence-electron chi connectivity index (χ2n) is 8.49. The van der Waals surface area contributed by atoms with Gasteiger partial charge in [0.05, 0.1) is 11.9 Å². The van der Waals surface area contributed by atoms with Gasteiger partial charge in [0.1, 0.15) is 5.82 Å². The molecule has 0 N–H and O–H groups in total. The quantitative estimate of drug-likeness (QED) is 0.502. The van der Waals surface area contributed by atoms with Crippen molar-refractivity contribution in [2.45, 2.75) is 52.4 Å². The highest BCUT2D eigenvalue weighted by Gasteiger charge is 2.23. The Morgan fingerprint density at radius 1 is 1.04 bits per heavy atom. The largest absolute Gasteiger partial charge is 0.241 e. The molecule has 3 rings (SSSR count). The summed E-state index contributed by atoms with van der Waals surface area (Å²) in [5.41, 5.74) is 4.79. The lowest BCUT2D eigenvalue weighted by Crippen LogP contribution is -2.20. The van der Waals surface area contributed by atoms with E-state index in [4.69, 9.17) is 0 Å². The van der Waals surface area contributed by atoms with E-state index < -0.39 is 0 Å². The third kappa shape index (κ3) is 4.47. The van der Waals surface area contributed by atoms with E-state index in [1.54, 1.807) is 12.1 Å². The zero-order chi connectivity index (χ0) is 19.6. The van der Waals surface area contributed by atoms with Crippen molar-refractivity contribution in [3.63, 3.8) is 0 Å². The molecule has 3 aromatic rings. The predicted molar refractivity (Wildman–Crippen MR) is 110 cm³/mol. The lowest BCUT2D eigenvalue weighted by atomic mass is 9.78. The molecule has 0 aliphatic rings. The van der Waals surface area contributed by atoms with E-state index in [-0.39, 0.29) is 11.2 Å². The number of rotatable bonds is 6. The first-order chi connectivity index (χ1) is 12.8. The van der Waals surface area contributed by atoms with Gasteiger partial charge in [-0.2, -0.15) is 5.10 Å². The monoisotopic (exact) mass is 364 g/mol. The van der Waals surface area contributed by atoms with Crippen LogP contribution < -0.4 is 0 Å². The average molecular weight is 365 g/mol. The number of hydrogen-bond acceptors (Lipinski definition) is 1. The lowest BCUT2D eigenvalue weighted by molar-refractivity contribution is 0.512. The highest BCUT2D eigenvalue weighted by atomic mass is 19.1. The van der Waals surface area contributed by atoms with Crippen molar-refractivity contribution in [1.82, 2.24) is 9.78 Å². The fourth-order valence-electron chi connectivity index (χ4n) is 3.43. The molecule has 1 unspecified atom stereocenters. The molecular formula is C24H29FN2. The maximum Gasteiger partial charge on any atom is 0.123 e. The first-order valence-electron chi connectivity index (χ1n) is 9.66. The van der Waals surface area contributed by atoms with Crippen molar-refractivity contribution >= 4 is 0 Å². The Kier molecular flexibility index (Phi) is 5.50. The van der Waals surface area contributed by atoms with Gasteiger partial charge < -0.3 is 0 Å². The molecule has 1 atom stereocenters. The Hall–Kier alpha value is -2.42. The summed E-state index contributed by atoms with van der Waals surface area (Å²) < 4.78 is 14.9. The third-order valence-electron chi connectivity index (χ3n) is 5.57. The summed E-state index contributed by atoms with van der Waals surface area (Å²) in [6.45, 7) is 11.4. The molecular weight excluding hydrogens is 335 g/mol. The Morgan fingerprint density at radius 3 is 2.41 bits per heavy atom. The smallest absolute Gasteiger partial charge is 0.123 e. The first-order valence-corrected chi connectivity index (χ1v) is 9.66. The highest BCUT2D eigenvalue weighted by molar-refractivity contribution is 5.34. The van der Waals surface area contributed by atoms with Crippen molar-refractivity contribution < 1.29 is 4.39 Å². The summed E-state index contributed by atoms with van der Waals surface area (Å²) in [7, 11) is 0.